The minimum Gasteiger partial charge on any atom is -0.459 e. The van der Waals surface area contributed by atoms with Gasteiger partial charge in [0, 0.05) is 28.7 Å². The Labute approximate surface area is 188 Å². The molecule has 0 unspecified atom stereocenters. The molecule has 1 aromatic carbocycles. The van der Waals surface area contributed by atoms with Crippen LogP contribution in [0.25, 0.3) is 5.82 Å². The number of Topliss-reactive ketones (excluding diaryl/α,β-unsaturated/α-hetero) is 1. The topological polar surface area (TPSA) is 117 Å². The number of nitrogens with zero attached hydrogens (tertiary/aromatic N) is 2. The van der Waals surface area contributed by atoms with E-state index in [0.29, 0.717) is 28.5 Å². The molecule has 4 rings (SSSR count). The van der Waals surface area contributed by atoms with Crippen molar-refractivity contribution in [2.75, 3.05) is 11.9 Å². The Morgan fingerprint density at radius 3 is 2.45 bits per heavy atom. The summed E-state index contributed by atoms with van der Waals surface area (Å²) in [5.41, 5.74) is 2.67. The summed E-state index contributed by atoms with van der Waals surface area (Å²) in [5, 5.41) is 6.65. The zero-order chi connectivity index (χ0) is 23.5. The molecule has 1 amide bonds. The molecule has 0 saturated carbocycles. The van der Waals surface area contributed by atoms with Crippen molar-refractivity contribution < 1.29 is 28.1 Å². The maximum atomic E-state index is 12.7. The van der Waals surface area contributed by atoms with Crippen molar-refractivity contribution in [3.8, 4) is 5.82 Å². The SMILES string of the molecule is Cc1cc(-n2c(C)cc(C(=O)COC(=O)c3ccc(NC(=O)c4ccco4)cc3)c2C)no1. The fourth-order valence-electron chi connectivity index (χ4n) is 3.44. The number of carbonyl (C=O) groups is 3. The van der Waals surface area contributed by atoms with Crippen molar-refractivity contribution in [3.05, 3.63) is 88.8 Å². The lowest BCUT2D eigenvalue weighted by molar-refractivity contribution is 0.0474. The van der Waals surface area contributed by atoms with Gasteiger partial charge in [0.25, 0.3) is 5.91 Å². The number of ether oxygens (including phenoxy) is 1. The second-order valence-corrected chi connectivity index (χ2v) is 7.42. The van der Waals surface area contributed by atoms with Gasteiger partial charge in [-0.1, -0.05) is 5.16 Å². The van der Waals surface area contributed by atoms with Gasteiger partial charge < -0.3 is 19.0 Å². The van der Waals surface area contributed by atoms with Gasteiger partial charge in [-0.15, -0.1) is 0 Å². The Balaban J connectivity index is 1.38. The van der Waals surface area contributed by atoms with Gasteiger partial charge in [0.05, 0.1) is 11.8 Å². The van der Waals surface area contributed by atoms with Crippen LogP contribution in [-0.2, 0) is 4.74 Å². The molecule has 168 valence electrons. The molecule has 1 N–H and O–H groups in total. The van der Waals surface area contributed by atoms with Gasteiger partial charge >= 0.3 is 5.97 Å². The Kier molecular flexibility index (Phi) is 5.95. The summed E-state index contributed by atoms with van der Waals surface area (Å²) in [5.74, 6) is 0.0384. The summed E-state index contributed by atoms with van der Waals surface area (Å²) in [6.07, 6.45) is 1.41. The highest BCUT2D eigenvalue weighted by atomic mass is 16.5. The van der Waals surface area contributed by atoms with Gasteiger partial charge in [-0.2, -0.15) is 0 Å². The first-order valence-electron chi connectivity index (χ1n) is 10.1. The second kappa shape index (κ2) is 8.99. The van der Waals surface area contributed by atoms with Crippen LogP contribution in [0.5, 0.6) is 0 Å². The highest BCUT2D eigenvalue weighted by molar-refractivity contribution is 6.03. The second-order valence-electron chi connectivity index (χ2n) is 7.42. The smallest absolute Gasteiger partial charge is 0.338 e. The van der Waals surface area contributed by atoms with Crippen molar-refractivity contribution in [3.63, 3.8) is 0 Å². The quantitative estimate of drug-likeness (QED) is 0.332. The summed E-state index contributed by atoms with van der Waals surface area (Å²) < 4.78 is 17.2. The zero-order valence-electron chi connectivity index (χ0n) is 18.2. The summed E-state index contributed by atoms with van der Waals surface area (Å²) in [6.45, 7) is 5.03. The van der Waals surface area contributed by atoms with E-state index in [-0.39, 0.29) is 17.1 Å². The molecule has 0 aliphatic carbocycles. The lowest BCUT2D eigenvalue weighted by Crippen LogP contribution is -2.15. The lowest BCUT2D eigenvalue weighted by Gasteiger charge is -2.07. The molecule has 3 aromatic heterocycles. The minimum atomic E-state index is -0.645. The van der Waals surface area contributed by atoms with E-state index in [2.05, 4.69) is 10.5 Å². The van der Waals surface area contributed by atoms with Crippen molar-refractivity contribution in [1.82, 2.24) is 9.72 Å². The number of hydrogen-bond acceptors (Lipinski definition) is 7. The van der Waals surface area contributed by atoms with E-state index in [0.717, 1.165) is 5.69 Å². The molecule has 0 saturated heterocycles. The summed E-state index contributed by atoms with van der Waals surface area (Å²) >= 11 is 0. The first-order chi connectivity index (χ1) is 15.8. The van der Waals surface area contributed by atoms with Crippen LogP contribution in [0, 0.1) is 20.8 Å². The van der Waals surface area contributed by atoms with Crippen molar-refractivity contribution >= 4 is 23.3 Å². The number of aryl methyl sites for hydroxylation is 2. The number of aromatic nitrogens is 2. The Hall–Kier alpha value is -4.40. The number of rotatable bonds is 7. The van der Waals surface area contributed by atoms with Gasteiger partial charge in [0.2, 0.25) is 5.78 Å². The van der Waals surface area contributed by atoms with E-state index < -0.39 is 18.5 Å². The van der Waals surface area contributed by atoms with E-state index in [1.54, 1.807) is 54.8 Å². The molecule has 0 atom stereocenters. The molecule has 0 fully saturated rings. The van der Waals surface area contributed by atoms with E-state index in [1.165, 1.54) is 18.4 Å². The van der Waals surface area contributed by atoms with E-state index >= 15 is 0 Å². The molecule has 0 aliphatic heterocycles. The third-order valence-corrected chi connectivity index (χ3v) is 5.03. The lowest BCUT2D eigenvalue weighted by atomic mass is 10.1. The summed E-state index contributed by atoms with van der Waals surface area (Å²) in [6, 6.07) is 12.8. The number of benzene rings is 1. The fraction of sp³-hybridized carbons (Fsp3) is 0.167. The minimum absolute atomic E-state index is 0.176. The van der Waals surface area contributed by atoms with Crippen LogP contribution >= 0.6 is 0 Å². The van der Waals surface area contributed by atoms with Crippen molar-refractivity contribution in [2.45, 2.75) is 20.8 Å². The van der Waals surface area contributed by atoms with Crippen LogP contribution in [0.2, 0.25) is 0 Å². The van der Waals surface area contributed by atoms with Gasteiger partial charge in [-0.25, -0.2) is 4.79 Å². The van der Waals surface area contributed by atoms with Crippen LogP contribution < -0.4 is 5.32 Å². The average Bonchev–Trinajstić information content (AvgIpc) is 3.53. The van der Waals surface area contributed by atoms with Crippen LogP contribution in [0.4, 0.5) is 5.69 Å². The maximum absolute atomic E-state index is 12.7. The predicted octanol–water partition coefficient (Wildman–Crippen LogP) is 4.28. The van der Waals surface area contributed by atoms with Crippen LogP contribution in [-0.4, -0.2) is 34.0 Å². The molecule has 3 heterocycles. The monoisotopic (exact) mass is 447 g/mol. The Morgan fingerprint density at radius 1 is 1.06 bits per heavy atom. The number of ketones is 1. The van der Waals surface area contributed by atoms with E-state index in [1.807, 2.05) is 6.92 Å². The van der Waals surface area contributed by atoms with Gasteiger partial charge in [0.15, 0.2) is 18.2 Å². The summed E-state index contributed by atoms with van der Waals surface area (Å²) in [7, 11) is 0. The van der Waals surface area contributed by atoms with Crippen molar-refractivity contribution in [1.29, 1.82) is 0 Å². The highest BCUT2D eigenvalue weighted by Gasteiger charge is 2.20. The first kappa shape index (κ1) is 21.8. The molecular weight excluding hydrogens is 426 g/mol. The highest BCUT2D eigenvalue weighted by Crippen LogP contribution is 2.21. The molecule has 9 nitrogen and oxygen atoms in total. The van der Waals surface area contributed by atoms with Crippen LogP contribution in [0.15, 0.2) is 63.7 Å². The summed E-state index contributed by atoms with van der Waals surface area (Å²) in [4.78, 5) is 37.1. The number of amides is 1. The third-order valence-electron chi connectivity index (χ3n) is 5.03. The van der Waals surface area contributed by atoms with Crippen LogP contribution in [0.3, 0.4) is 0 Å². The molecule has 0 spiro atoms. The number of anilines is 1. The fourth-order valence-corrected chi connectivity index (χ4v) is 3.44. The molecule has 33 heavy (non-hydrogen) atoms. The van der Waals surface area contributed by atoms with Gasteiger partial charge in [-0.3, -0.25) is 14.2 Å². The number of esters is 1. The number of furan rings is 1. The molecule has 0 radical (unpaired) electrons. The third kappa shape index (κ3) is 4.62. The van der Waals surface area contributed by atoms with E-state index in [4.69, 9.17) is 13.7 Å². The average molecular weight is 447 g/mol. The largest absolute Gasteiger partial charge is 0.459 e. The Morgan fingerprint density at radius 2 is 1.82 bits per heavy atom. The molecule has 0 bridgehead atoms. The van der Waals surface area contributed by atoms with Gasteiger partial charge in [-0.05, 0) is 63.2 Å². The normalized spacial score (nSPS) is 10.8. The van der Waals surface area contributed by atoms with E-state index in [9.17, 15) is 14.4 Å². The zero-order valence-corrected chi connectivity index (χ0v) is 18.2. The molecule has 9 heteroatoms. The maximum Gasteiger partial charge on any atom is 0.338 e. The molecular formula is C24H21N3O6. The first-order valence-corrected chi connectivity index (χ1v) is 10.1. The van der Waals surface area contributed by atoms with Crippen LogP contribution in [0.1, 0.15) is 48.4 Å². The number of carbonyl (C=O) groups excluding carboxylic acids is 3. The predicted molar refractivity (Wildman–Crippen MR) is 118 cm³/mol. The van der Waals surface area contributed by atoms with Crippen molar-refractivity contribution in [2.24, 2.45) is 0 Å². The molecule has 0 aliphatic rings. The Bertz CT molecular complexity index is 1310. The number of nitrogens with one attached hydrogen (secondary N) is 1. The number of hydrogen-bond donors (Lipinski definition) is 1. The standard InChI is InChI=1S/C24H21N3O6/c1-14-11-19(16(3)27(14)22-12-15(2)33-26-22)20(28)13-32-24(30)17-6-8-18(9-7-17)25-23(29)21-5-4-10-31-21/h4-12H,13H2,1-3H3,(H,25,29). The molecule has 4 aromatic rings. The van der Waals surface area contributed by atoms with Gasteiger partial charge in [0.1, 0.15) is 5.76 Å².